The minimum absolute atomic E-state index is 0.182. The molecular weight excluding hydrogens is 304 g/mol. The third-order valence-corrected chi connectivity index (χ3v) is 4.58. The third-order valence-electron chi connectivity index (χ3n) is 3.37. The molecule has 1 atom stereocenters. The highest BCUT2D eigenvalue weighted by atomic mass is 35.5. The molecule has 2 aromatic rings. The van der Waals surface area contributed by atoms with Gasteiger partial charge in [0.15, 0.2) is 0 Å². The molecule has 1 aromatic carbocycles. The van der Waals surface area contributed by atoms with Crippen LogP contribution in [0.5, 0.6) is 5.75 Å². The Morgan fingerprint density at radius 2 is 1.95 bits per heavy atom. The van der Waals surface area contributed by atoms with Crippen molar-refractivity contribution in [1.82, 2.24) is 4.90 Å². The molecule has 1 unspecified atom stereocenters. The first-order chi connectivity index (χ1) is 10.1. The summed E-state index contributed by atoms with van der Waals surface area (Å²) in [5.74, 6) is 0.893. The predicted octanol–water partition coefficient (Wildman–Crippen LogP) is 3.93. The molecule has 0 aliphatic heterocycles. The molecule has 0 bridgehead atoms. The molecule has 2 N–H and O–H groups in total. The lowest BCUT2D eigenvalue weighted by Crippen LogP contribution is -2.29. The Morgan fingerprint density at radius 3 is 2.48 bits per heavy atom. The number of benzene rings is 1. The SMILES string of the molecule is CCOc1ccc(C(CN)N(C)Cc2ccc(Cl)s2)cc1. The molecule has 0 saturated carbocycles. The summed E-state index contributed by atoms with van der Waals surface area (Å²) in [7, 11) is 2.08. The monoisotopic (exact) mass is 324 g/mol. The summed E-state index contributed by atoms with van der Waals surface area (Å²) >= 11 is 7.59. The summed E-state index contributed by atoms with van der Waals surface area (Å²) in [5, 5.41) is 0. The van der Waals surface area contributed by atoms with Gasteiger partial charge in [0.25, 0.3) is 0 Å². The summed E-state index contributed by atoms with van der Waals surface area (Å²) in [6.07, 6.45) is 0. The van der Waals surface area contributed by atoms with Crippen LogP contribution in [0.25, 0.3) is 0 Å². The fraction of sp³-hybridized carbons (Fsp3) is 0.375. The van der Waals surface area contributed by atoms with Crippen LogP contribution in [0.2, 0.25) is 4.34 Å². The van der Waals surface area contributed by atoms with Crippen LogP contribution in [0.3, 0.4) is 0 Å². The maximum atomic E-state index is 5.98. The highest BCUT2D eigenvalue weighted by Gasteiger charge is 2.16. The number of hydrogen-bond acceptors (Lipinski definition) is 4. The Labute approximate surface area is 135 Å². The summed E-state index contributed by atoms with van der Waals surface area (Å²) in [5.41, 5.74) is 7.17. The van der Waals surface area contributed by atoms with Gasteiger partial charge in [0.1, 0.15) is 5.75 Å². The summed E-state index contributed by atoms with van der Waals surface area (Å²) in [6.45, 7) is 4.07. The lowest BCUT2D eigenvalue weighted by Gasteiger charge is -2.27. The highest BCUT2D eigenvalue weighted by Crippen LogP contribution is 2.26. The fourth-order valence-electron chi connectivity index (χ4n) is 2.32. The summed E-state index contributed by atoms with van der Waals surface area (Å²) in [4.78, 5) is 3.49. The Kier molecular flexibility index (Phi) is 6.06. The molecule has 1 heterocycles. The smallest absolute Gasteiger partial charge is 0.119 e. The van der Waals surface area contributed by atoms with Crippen molar-refractivity contribution in [3.05, 3.63) is 51.2 Å². The normalized spacial score (nSPS) is 12.6. The lowest BCUT2D eigenvalue weighted by atomic mass is 10.1. The van der Waals surface area contributed by atoms with Crippen molar-refractivity contribution in [3.63, 3.8) is 0 Å². The van der Waals surface area contributed by atoms with Crippen LogP contribution in [0.15, 0.2) is 36.4 Å². The Bertz CT molecular complexity index is 556. The number of thiophene rings is 1. The maximum Gasteiger partial charge on any atom is 0.119 e. The van der Waals surface area contributed by atoms with Crippen molar-refractivity contribution < 1.29 is 4.74 Å². The molecule has 0 spiro atoms. The molecule has 21 heavy (non-hydrogen) atoms. The second-order valence-corrected chi connectivity index (χ2v) is 6.67. The van der Waals surface area contributed by atoms with E-state index < -0.39 is 0 Å². The van der Waals surface area contributed by atoms with E-state index in [0.717, 1.165) is 16.6 Å². The first kappa shape index (κ1) is 16.3. The molecule has 0 fully saturated rings. The van der Waals surface area contributed by atoms with Crippen molar-refractivity contribution in [2.45, 2.75) is 19.5 Å². The Balaban J connectivity index is 2.07. The van der Waals surface area contributed by atoms with Gasteiger partial charge in [-0.2, -0.15) is 0 Å². The summed E-state index contributed by atoms with van der Waals surface area (Å²) < 4.78 is 6.30. The zero-order valence-electron chi connectivity index (χ0n) is 12.4. The predicted molar refractivity (Wildman–Crippen MR) is 90.2 cm³/mol. The standard InChI is InChI=1S/C16H21ClN2OS/c1-3-20-13-6-4-12(5-7-13)15(10-18)19(2)11-14-8-9-16(17)21-14/h4-9,15H,3,10-11,18H2,1-2H3. The van der Waals surface area contributed by atoms with Crippen molar-refractivity contribution in [2.75, 3.05) is 20.2 Å². The van der Waals surface area contributed by atoms with Gasteiger partial charge in [-0.1, -0.05) is 23.7 Å². The van der Waals surface area contributed by atoms with Crippen LogP contribution in [0.1, 0.15) is 23.4 Å². The van der Waals surface area contributed by atoms with Gasteiger partial charge < -0.3 is 10.5 Å². The molecular formula is C16H21ClN2OS. The number of nitrogens with two attached hydrogens (primary N) is 1. The number of likely N-dealkylation sites (N-methyl/N-ethyl adjacent to an activating group) is 1. The minimum Gasteiger partial charge on any atom is -0.494 e. The number of nitrogens with zero attached hydrogens (tertiary/aromatic N) is 1. The van der Waals surface area contributed by atoms with E-state index in [1.165, 1.54) is 10.4 Å². The number of hydrogen-bond donors (Lipinski definition) is 1. The van der Waals surface area contributed by atoms with Crippen LogP contribution in [0.4, 0.5) is 0 Å². The van der Waals surface area contributed by atoms with Gasteiger partial charge in [0.05, 0.1) is 10.9 Å². The second kappa shape index (κ2) is 7.80. The lowest BCUT2D eigenvalue weighted by molar-refractivity contribution is 0.243. The van der Waals surface area contributed by atoms with Crippen LogP contribution < -0.4 is 10.5 Å². The van der Waals surface area contributed by atoms with Gasteiger partial charge >= 0.3 is 0 Å². The highest BCUT2D eigenvalue weighted by molar-refractivity contribution is 7.16. The molecule has 0 saturated heterocycles. The van der Waals surface area contributed by atoms with E-state index in [0.29, 0.717) is 13.2 Å². The molecule has 2 rings (SSSR count). The average Bonchev–Trinajstić information content (AvgIpc) is 2.87. The van der Waals surface area contributed by atoms with E-state index in [-0.39, 0.29) is 6.04 Å². The van der Waals surface area contributed by atoms with E-state index in [1.54, 1.807) is 11.3 Å². The first-order valence-electron chi connectivity index (χ1n) is 7.01. The van der Waals surface area contributed by atoms with Crippen LogP contribution >= 0.6 is 22.9 Å². The molecule has 5 heteroatoms. The fourth-order valence-corrected chi connectivity index (χ4v) is 3.47. The van der Waals surface area contributed by atoms with Crippen LogP contribution in [-0.2, 0) is 6.54 Å². The average molecular weight is 325 g/mol. The largest absolute Gasteiger partial charge is 0.494 e. The second-order valence-electron chi connectivity index (χ2n) is 4.87. The zero-order chi connectivity index (χ0) is 15.2. The number of halogens is 1. The molecule has 0 aliphatic rings. The van der Waals surface area contributed by atoms with E-state index in [1.807, 2.05) is 25.1 Å². The Morgan fingerprint density at radius 1 is 1.24 bits per heavy atom. The van der Waals surface area contributed by atoms with E-state index in [4.69, 9.17) is 22.1 Å². The van der Waals surface area contributed by atoms with Crippen LogP contribution in [0, 0.1) is 0 Å². The number of ether oxygens (including phenoxy) is 1. The van der Waals surface area contributed by atoms with Gasteiger partial charge in [-0.05, 0) is 43.8 Å². The third kappa shape index (κ3) is 4.45. The first-order valence-corrected chi connectivity index (χ1v) is 8.20. The van der Waals surface area contributed by atoms with Gasteiger partial charge in [-0.3, -0.25) is 4.90 Å². The van der Waals surface area contributed by atoms with E-state index >= 15 is 0 Å². The van der Waals surface area contributed by atoms with E-state index in [2.05, 4.69) is 30.1 Å². The van der Waals surface area contributed by atoms with Gasteiger partial charge in [0, 0.05) is 24.0 Å². The Hall–Kier alpha value is -1.07. The molecule has 3 nitrogen and oxygen atoms in total. The number of rotatable bonds is 7. The topological polar surface area (TPSA) is 38.5 Å². The van der Waals surface area contributed by atoms with Crippen molar-refractivity contribution >= 4 is 22.9 Å². The molecule has 0 amide bonds. The summed E-state index contributed by atoms with van der Waals surface area (Å²) in [6, 6.07) is 12.3. The quantitative estimate of drug-likeness (QED) is 0.838. The van der Waals surface area contributed by atoms with Crippen molar-refractivity contribution in [1.29, 1.82) is 0 Å². The van der Waals surface area contributed by atoms with Gasteiger partial charge in [0.2, 0.25) is 0 Å². The zero-order valence-corrected chi connectivity index (χ0v) is 14.0. The van der Waals surface area contributed by atoms with E-state index in [9.17, 15) is 0 Å². The molecule has 114 valence electrons. The maximum absolute atomic E-state index is 5.98. The van der Waals surface area contributed by atoms with Gasteiger partial charge in [-0.25, -0.2) is 0 Å². The van der Waals surface area contributed by atoms with Crippen LogP contribution in [-0.4, -0.2) is 25.1 Å². The molecule has 0 radical (unpaired) electrons. The molecule has 1 aromatic heterocycles. The van der Waals surface area contributed by atoms with Crippen molar-refractivity contribution in [2.24, 2.45) is 5.73 Å². The van der Waals surface area contributed by atoms with Gasteiger partial charge in [-0.15, -0.1) is 11.3 Å². The molecule has 0 aliphatic carbocycles. The minimum atomic E-state index is 0.182. The van der Waals surface area contributed by atoms with Crippen molar-refractivity contribution in [3.8, 4) is 5.75 Å².